The van der Waals surface area contributed by atoms with Crippen molar-refractivity contribution in [3.8, 4) is 16.5 Å². The van der Waals surface area contributed by atoms with Crippen molar-refractivity contribution in [3.63, 3.8) is 0 Å². The molecule has 0 unspecified atom stereocenters. The van der Waals surface area contributed by atoms with Gasteiger partial charge < -0.3 is 19.0 Å². The molecule has 2 aromatic carbocycles. The fourth-order valence-electron chi connectivity index (χ4n) is 3.92. The molecule has 0 saturated carbocycles. The van der Waals surface area contributed by atoms with E-state index in [4.69, 9.17) is 9.15 Å². The minimum absolute atomic E-state index is 0.0821. The summed E-state index contributed by atoms with van der Waals surface area (Å²) in [6, 6.07) is 18.9. The van der Waals surface area contributed by atoms with Crippen LogP contribution in [0.15, 0.2) is 86.4 Å². The number of methoxy groups -OCH3 is 1. The van der Waals surface area contributed by atoms with E-state index in [-0.39, 0.29) is 27.6 Å². The standard InChI is InChI=1S/C25H23N3O5S2/c1-32-19-11-9-18(10-12-19)24(29)27-13-15-28(16-14-27)25-23(26-22(33-25)21-8-5-17-34-21)35(30,31)20-6-3-2-4-7-20/h2-12,17H,13-16H2,1H3. The normalized spacial score (nSPS) is 14.2. The van der Waals surface area contributed by atoms with Crippen LogP contribution in [-0.4, -0.2) is 57.5 Å². The zero-order valence-corrected chi connectivity index (χ0v) is 20.6. The van der Waals surface area contributed by atoms with Crippen molar-refractivity contribution in [2.45, 2.75) is 9.92 Å². The number of thiophene rings is 1. The van der Waals surface area contributed by atoms with Crippen molar-refractivity contribution in [1.29, 1.82) is 0 Å². The SMILES string of the molecule is COc1ccc(C(=O)N2CCN(c3oc(-c4cccs4)nc3S(=O)(=O)c3ccccc3)CC2)cc1. The van der Waals surface area contributed by atoms with Crippen LogP contribution in [0.4, 0.5) is 5.88 Å². The number of amides is 1. The first kappa shape index (κ1) is 23.1. The first-order chi connectivity index (χ1) is 17.0. The van der Waals surface area contributed by atoms with Crippen LogP contribution in [-0.2, 0) is 9.84 Å². The van der Waals surface area contributed by atoms with Crippen LogP contribution >= 0.6 is 11.3 Å². The minimum Gasteiger partial charge on any atom is -0.497 e. The van der Waals surface area contributed by atoms with Gasteiger partial charge in [0, 0.05) is 31.7 Å². The fraction of sp³-hybridized carbons (Fsp3) is 0.200. The van der Waals surface area contributed by atoms with Crippen LogP contribution in [0.5, 0.6) is 5.75 Å². The number of sulfone groups is 1. The van der Waals surface area contributed by atoms with Gasteiger partial charge in [-0.15, -0.1) is 11.3 Å². The Morgan fingerprint density at radius 3 is 2.31 bits per heavy atom. The van der Waals surface area contributed by atoms with E-state index in [1.807, 2.05) is 22.4 Å². The molecule has 10 heteroatoms. The molecular formula is C25H23N3O5S2. The number of hydrogen-bond donors (Lipinski definition) is 0. The van der Waals surface area contributed by atoms with E-state index in [0.29, 0.717) is 37.5 Å². The molecule has 1 aliphatic rings. The molecule has 4 aromatic rings. The van der Waals surface area contributed by atoms with Crippen molar-refractivity contribution in [1.82, 2.24) is 9.88 Å². The Bertz CT molecular complexity index is 1410. The third kappa shape index (κ3) is 4.54. The minimum atomic E-state index is -3.90. The summed E-state index contributed by atoms with van der Waals surface area (Å²) in [5.74, 6) is 1.07. The molecule has 0 N–H and O–H groups in total. The van der Waals surface area contributed by atoms with Crippen LogP contribution in [0.2, 0.25) is 0 Å². The van der Waals surface area contributed by atoms with Crippen molar-refractivity contribution < 1.29 is 22.4 Å². The summed E-state index contributed by atoms with van der Waals surface area (Å²) >= 11 is 1.42. The molecule has 0 spiro atoms. The Kier molecular flexibility index (Phi) is 6.31. The summed E-state index contributed by atoms with van der Waals surface area (Å²) in [5, 5.41) is 1.77. The first-order valence-corrected chi connectivity index (χ1v) is 13.4. The fourth-order valence-corrected chi connectivity index (χ4v) is 5.91. The van der Waals surface area contributed by atoms with Crippen molar-refractivity contribution in [3.05, 3.63) is 77.7 Å². The highest BCUT2D eigenvalue weighted by atomic mass is 32.2. The maximum absolute atomic E-state index is 13.5. The second kappa shape index (κ2) is 9.55. The molecule has 180 valence electrons. The highest BCUT2D eigenvalue weighted by Crippen LogP contribution is 2.36. The Hall–Kier alpha value is -3.63. The Morgan fingerprint density at radius 1 is 0.971 bits per heavy atom. The smallest absolute Gasteiger partial charge is 0.253 e. The predicted octanol–water partition coefficient (Wildman–Crippen LogP) is 4.21. The molecule has 0 bridgehead atoms. The zero-order valence-electron chi connectivity index (χ0n) is 19.0. The van der Waals surface area contributed by atoms with Gasteiger partial charge in [-0.05, 0) is 47.8 Å². The molecular weight excluding hydrogens is 486 g/mol. The van der Waals surface area contributed by atoms with Crippen molar-refractivity contribution in [2.24, 2.45) is 0 Å². The summed E-state index contributed by atoms with van der Waals surface area (Å²) in [7, 11) is -2.32. The van der Waals surface area contributed by atoms with Gasteiger partial charge in [-0.1, -0.05) is 24.3 Å². The molecule has 8 nitrogen and oxygen atoms in total. The van der Waals surface area contributed by atoms with Crippen molar-refractivity contribution in [2.75, 3.05) is 38.2 Å². The van der Waals surface area contributed by atoms with E-state index >= 15 is 0 Å². The average Bonchev–Trinajstić information content (AvgIpc) is 3.60. The van der Waals surface area contributed by atoms with Gasteiger partial charge >= 0.3 is 0 Å². The van der Waals surface area contributed by atoms with Crippen LogP contribution in [0.1, 0.15) is 10.4 Å². The molecule has 1 fully saturated rings. The lowest BCUT2D eigenvalue weighted by Gasteiger charge is -2.34. The molecule has 0 radical (unpaired) electrons. The first-order valence-electron chi connectivity index (χ1n) is 11.0. The third-order valence-electron chi connectivity index (χ3n) is 5.81. The van der Waals surface area contributed by atoms with Gasteiger partial charge in [0.2, 0.25) is 26.6 Å². The molecule has 35 heavy (non-hydrogen) atoms. The highest BCUT2D eigenvalue weighted by Gasteiger charge is 2.33. The Labute approximate surface area is 207 Å². The average molecular weight is 510 g/mol. The van der Waals surface area contributed by atoms with Gasteiger partial charge in [-0.3, -0.25) is 4.79 Å². The van der Waals surface area contributed by atoms with E-state index in [1.165, 1.54) is 11.3 Å². The summed E-state index contributed by atoms with van der Waals surface area (Å²) in [6.45, 7) is 1.67. The molecule has 5 rings (SSSR count). The van der Waals surface area contributed by atoms with Crippen LogP contribution in [0, 0.1) is 0 Å². The van der Waals surface area contributed by atoms with E-state index < -0.39 is 9.84 Å². The van der Waals surface area contributed by atoms with Gasteiger partial charge in [0.15, 0.2) is 0 Å². The number of oxazole rings is 1. The van der Waals surface area contributed by atoms with Gasteiger partial charge in [0.05, 0.1) is 16.9 Å². The largest absolute Gasteiger partial charge is 0.497 e. The number of benzene rings is 2. The van der Waals surface area contributed by atoms with Gasteiger partial charge in [-0.25, -0.2) is 8.42 Å². The van der Waals surface area contributed by atoms with E-state index in [9.17, 15) is 13.2 Å². The predicted molar refractivity (Wildman–Crippen MR) is 133 cm³/mol. The molecule has 1 aliphatic heterocycles. The van der Waals surface area contributed by atoms with Gasteiger partial charge in [-0.2, -0.15) is 4.98 Å². The number of anilines is 1. The number of hydrogen-bond acceptors (Lipinski definition) is 8. The van der Waals surface area contributed by atoms with E-state index in [1.54, 1.807) is 66.6 Å². The lowest BCUT2D eigenvalue weighted by molar-refractivity contribution is 0.0745. The molecule has 2 aromatic heterocycles. The summed E-state index contributed by atoms with van der Waals surface area (Å²) < 4.78 is 38.1. The summed E-state index contributed by atoms with van der Waals surface area (Å²) in [5.41, 5.74) is 0.575. The van der Waals surface area contributed by atoms with E-state index in [2.05, 4.69) is 4.98 Å². The van der Waals surface area contributed by atoms with Crippen LogP contribution in [0.25, 0.3) is 10.8 Å². The molecule has 1 saturated heterocycles. The number of piperazine rings is 1. The lowest BCUT2D eigenvalue weighted by Crippen LogP contribution is -2.49. The second-order valence-corrected chi connectivity index (χ2v) is 10.7. The maximum atomic E-state index is 13.5. The number of nitrogens with zero attached hydrogens (tertiary/aromatic N) is 3. The quantitative estimate of drug-likeness (QED) is 0.384. The molecule has 0 atom stereocenters. The number of aromatic nitrogens is 1. The number of ether oxygens (including phenoxy) is 1. The zero-order chi connectivity index (χ0) is 24.4. The third-order valence-corrected chi connectivity index (χ3v) is 8.34. The maximum Gasteiger partial charge on any atom is 0.253 e. The van der Waals surface area contributed by atoms with Crippen LogP contribution < -0.4 is 9.64 Å². The van der Waals surface area contributed by atoms with Gasteiger partial charge in [0.25, 0.3) is 5.91 Å². The van der Waals surface area contributed by atoms with Crippen molar-refractivity contribution >= 4 is 33.0 Å². The molecule has 1 amide bonds. The highest BCUT2D eigenvalue weighted by molar-refractivity contribution is 7.91. The number of rotatable bonds is 6. The Balaban J connectivity index is 1.41. The van der Waals surface area contributed by atoms with E-state index in [0.717, 1.165) is 4.88 Å². The second-order valence-electron chi connectivity index (χ2n) is 7.93. The monoisotopic (exact) mass is 509 g/mol. The summed E-state index contributed by atoms with van der Waals surface area (Å²) in [6.07, 6.45) is 0. The molecule has 3 heterocycles. The van der Waals surface area contributed by atoms with Gasteiger partial charge in [0.1, 0.15) is 5.75 Å². The lowest BCUT2D eigenvalue weighted by atomic mass is 10.1. The van der Waals surface area contributed by atoms with Crippen LogP contribution in [0.3, 0.4) is 0 Å². The number of carbonyl (C=O) groups is 1. The number of carbonyl (C=O) groups excluding carboxylic acids is 1. The Morgan fingerprint density at radius 2 is 1.69 bits per heavy atom. The summed E-state index contributed by atoms with van der Waals surface area (Å²) in [4.78, 5) is 21.9. The molecule has 0 aliphatic carbocycles. The topological polar surface area (TPSA) is 92.9 Å².